The Balaban J connectivity index is 2.12. The second-order valence-corrected chi connectivity index (χ2v) is 4.44. The SMILES string of the molecule is C#CC(CC)NC(=O)c1ccc2c(c1)CCC2. The first-order valence-corrected chi connectivity index (χ1v) is 6.13. The molecule has 1 N–H and O–H groups in total. The van der Waals surface area contributed by atoms with Gasteiger partial charge in [-0.1, -0.05) is 18.9 Å². The topological polar surface area (TPSA) is 29.1 Å². The summed E-state index contributed by atoms with van der Waals surface area (Å²) in [7, 11) is 0. The zero-order valence-corrected chi connectivity index (χ0v) is 10.1. The van der Waals surface area contributed by atoms with Crippen molar-refractivity contribution in [2.24, 2.45) is 0 Å². The number of fused-ring (bicyclic) bond motifs is 1. The van der Waals surface area contributed by atoms with Crippen LogP contribution in [0.15, 0.2) is 18.2 Å². The fourth-order valence-electron chi connectivity index (χ4n) is 2.22. The van der Waals surface area contributed by atoms with E-state index in [1.54, 1.807) is 0 Å². The maximum Gasteiger partial charge on any atom is 0.252 e. The molecule has 0 radical (unpaired) electrons. The van der Waals surface area contributed by atoms with Crippen molar-refractivity contribution in [1.82, 2.24) is 5.32 Å². The standard InChI is InChI=1S/C15H17NO/c1-3-14(4-2)16-15(17)13-9-8-11-6-5-7-12(11)10-13/h1,8-10,14H,4-7H2,2H3,(H,16,17). The number of carbonyl (C=O) groups is 1. The Kier molecular flexibility index (Phi) is 3.49. The second kappa shape index (κ2) is 5.05. The van der Waals surface area contributed by atoms with Crippen molar-refractivity contribution in [2.75, 3.05) is 0 Å². The molecule has 0 spiro atoms. The minimum atomic E-state index is -0.171. The summed E-state index contributed by atoms with van der Waals surface area (Å²) >= 11 is 0. The van der Waals surface area contributed by atoms with Gasteiger partial charge in [-0.25, -0.2) is 0 Å². The minimum Gasteiger partial charge on any atom is -0.338 e. The third-order valence-corrected chi connectivity index (χ3v) is 3.28. The van der Waals surface area contributed by atoms with E-state index in [9.17, 15) is 4.79 Å². The largest absolute Gasteiger partial charge is 0.338 e. The van der Waals surface area contributed by atoms with Gasteiger partial charge in [0.1, 0.15) is 0 Å². The number of carbonyl (C=O) groups excluding carboxylic acids is 1. The highest BCUT2D eigenvalue weighted by Gasteiger charge is 2.15. The maximum absolute atomic E-state index is 12.0. The molecule has 1 atom stereocenters. The molecule has 1 aromatic carbocycles. The normalized spacial score (nSPS) is 14.8. The third-order valence-electron chi connectivity index (χ3n) is 3.28. The quantitative estimate of drug-likeness (QED) is 0.789. The molecule has 0 heterocycles. The van der Waals surface area contributed by atoms with E-state index in [4.69, 9.17) is 6.42 Å². The van der Waals surface area contributed by atoms with Gasteiger partial charge < -0.3 is 5.32 Å². The van der Waals surface area contributed by atoms with E-state index in [0.717, 1.165) is 24.8 Å². The van der Waals surface area contributed by atoms with Crippen LogP contribution in [-0.2, 0) is 12.8 Å². The average molecular weight is 227 g/mol. The lowest BCUT2D eigenvalue weighted by atomic mass is 10.1. The van der Waals surface area contributed by atoms with Crippen molar-refractivity contribution in [3.8, 4) is 12.3 Å². The van der Waals surface area contributed by atoms with Gasteiger partial charge in [0, 0.05) is 5.56 Å². The molecule has 0 saturated heterocycles. The Morgan fingerprint density at radius 1 is 1.47 bits per heavy atom. The van der Waals surface area contributed by atoms with E-state index >= 15 is 0 Å². The van der Waals surface area contributed by atoms with Crippen LogP contribution in [0.25, 0.3) is 0 Å². The monoisotopic (exact) mass is 227 g/mol. The van der Waals surface area contributed by atoms with Crippen molar-refractivity contribution < 1.29 is 4.79 Å². The smallest absolute Gasteiger partial charge is 0.252 e. The number of hydrogen-bond acceptors (Lipinski definition) is 1. The number of aryl methyl sites for hydroxylation is 2. The summed E-state index contributed by atoms with van der Waals surface area (Å²) in [5.41, 5.74) is 3.41. The summed E-state index contributed by atoms with van der Waals surface area (Å²) in [5.74, 6) is 2.51. The van der Waals surface area contributed by atoms with E-state index < -0.39 is 0 Å². The molecule has 1 unspecified atom stereocenters. The molecule has 1 aliphatic rings. The molecule has 1 aliphatic carbocycles. The van der Waals surface area contributed by atoms with E-state index in [2.05, 4.69) is 17.3 Å². The first-order valence-electron chi connectivity index (χ1n) is 6.13. The molecule has 0 aliphatic heterocycles. The van der Waals surface area contributed by atoms with Crippen molar-refractivity contribution in [1.29, 1.82) is 0 Å². The molecule has 2 nitrogen and oxygen atoms in total. The number of rotatable bonds is 3. The summed E-state index contributed by atoms with van der Waals surface area (Å²) in [4.78, 5) is 12.0. The van der Waals surface area contributed by atoms with Crippen molar-refractivity contribution in [2.45, 2.75) is 38.6 Å². The number of amides is 1. The third kappa shape index (κ3) is 2.50. The van der Waals surface area contributed by atoms with Crippen LogP contribution in [0.3, 0.4) is 0 Å². The molecule has 0 fully saturated rings. The molecule has 1 amide bonds. The molecular weight excluding hydrogens is 210 g/mol. The Hall–Kier alpha value is -1.75. The van der Waals surface area contributed by atoms with Crippen molar-refractivity contribution in [3.63, 3.8) is 0 Å². The van der Waals surface area contributed by atoms with Crippen LogP contribution < -0.4 is 5.32 Å². The minimum absolute atomic E-state index is 0.0653. The molecular formula is C15H17NO. The van der Waals surface area contributed by atoms with E-state index in [0.29, 0.717) is 0 Å². The lowest BCUT2D eigenvalue weighted by Crippen LogP contribution is -2.33. The highest BCUT2D eigenvalue weighted by Crippen LogP contribution is 2.22. The summed E-state index contributed by atoms with van der Waals surface area (Å²) in [6, 6.07) is 5.79. The fraction of sp³-hybridized carbons (Fsp3) is 0.400. The van der Waals surface area contributed by atoms with Gasteiger partial charge in [0.05, 0.1) is 6.04 Å². The van der Waals surface area contributed by atoms with Gasteiger partial charge >= 0.3 is 0 Å². The molecule has 2 rings (SSSR count). The van der Waals surface area contributed by atoms with E-state index in [1.807, 2.05) is 19.1 Å². The summed E-state index contributed by atoms with van der Waals surface area (Å²) in [6.07, 6.45) is 9.51. The van der Waals surface area contributed by atoms with Crippen LogP contribution in [0.4, 0.5) is 0 Å². The highest BCUT2D eigenvalue weighted by atomic mass is 16.1. The van der Waals surface area contributed by atoms with Crippen LogP contribution in [0.2, 0.25) is 0 Å². The van der Waals surface area contributed by atoms with Crippen LogP contribution in [0.5, 0.6) is 0 Å². The Morgan fingerprint density at radius 2 is 2.24 bits per heavy atom. The Morgan fingerprint density at radius 3 is 2.94 bits per heavy atom. The maximum atomic E-state index is 12.0. The van der Waals surface area contributed by atoms with Gasteiger partial charge in [0.2, 0.25) is 0 Å². The van der Waals surface area contributed by atoms with Crippen LogP contribution in [0.1, 0.15) is 41.3 Å². The predicted octanol–water partition coefficient (Wildman–Crippen LogP) is 2.32. The summed E-state index contributed by atoms with van der Waals surface area (Å²) < 4.78 is 0. The van der Waals surface area contributed by atoms with Crippen molar-refractivity contribution >= 4 is 5.91 Å². The fourth-order valence-corrected chi connectivity index (χ4v) is 2.22. The molecule has 17 heavy (non-hydrogen) atoms. The van der Waals surface area contributed by atoms with E-state index in [1.165, 1.54) is 17.5 Å². The van der Waals surface area contributed by atoms with Crippen LogP contribution >= 0.6 is 0 Å². The Labute approximate surface area is 102 Å². The predicted molar refractivity (Wildman–Crippen MR) is 68.8 cm³/mol. The Bertz CT molecular complexity index is 470. The lowest BCUT2D eigenvalue weighted by molar-refractivity contribution is 0.0945. The van der Waals surface area contributed by atoms with Gasteiger partial charge in [0.15, 0.2) is 0 Å². The molecule has 1 aromatic rings. The van der Waals surface area contributed by atoms with Gasteiger partial charge in [-0.05, 0) is 48.9 Å². The van der Waals surface area contributed by atoms with Gasteiger partial charge in [-0.3, -0.25) is 4.79 Å². The zero-order chi connectivity index (χ0) is 12.3. The number of hydrogen-bond donors (Lipinski definition) is 1. The summed E-state index contributed by atoms with van der Waals surface area (Å²) in [5, 5.41) is 2.85. The first kappa shape index (κ1) is 11.7. The van der Waals surface area contributed by atoms with Crippen LogP contribution in [0, 0.1) is 12.3 Å². The molecule has 0 aromatic heterocycles. The lowest BCUT2D eigenvalue weighted by Gasteiger charge is -2.11. The van der Waals surface area contributed by atoms with Crippen molar-refractivity contribution in [3.05, 3.63) is 34.9 Å². The summed E-state index contributed by atoms with van der Waals surface area (Å²) in [6.45, 7) is 1.97. The number of benzene rings is 1. The number of nitrogens with one attached hydrogen (secondary N) is 1. The first-order chi connectivity index (χ1) is 8.24. The molecule has 0 saturated carbocycles. The molecule has 88 valence electrons. The van der Waals surface area contributed by atoms with Crippen LogP contribution in [-0.4, -0.2) is 11.9 Å². The number of terminal acetylenes is 1. The van der Waals surface area contributed by atoms with E-state index in [-0.39, 0.29) is 11.9 Å². The second-order valence-electron chi connectivity index (χ2n) is 4.44. The highest BCUT2D eigenvalue weighted by molar-refractivity contribution is 5.94. The average Bonchev–Trinajstić information content (AvgIpc) is 2.82. The zero-order valence-electron chi connectivity index (χ0n) is 10.1. The van der Waals surface area contributed by atoms with Gasteiger partial charge in [-0.15, -0.1) is 6.42 Å². The molecule has 2 heteroatoms. The van der Waals surface area contributed by atoms with Gasteiger partial charge in [0.25, 0.3) is 5.91 Å². The molecule has 0 bridgehead atoms. The van der Waals surface area contributed by atoms with Gasteiger partial charge in [-0.2, -0.15) is 0 Å².